The lowest BCUT2D eigenvalue weighted by Crippen LogP contribution is -2.41. The quantitative estimate of drug-likeness (QED) is 0.626. The van der Waals surface area contributed by atoms with Crippen molar-refractivity contribution in [1.29, 1.82) is 0 Å². The van der Waals surface area contributed by atoms with Crippen LogP contribution in [0.15, 0.2) is 47.0 Å². The molecule has 1 fully saturated rings. The molecule has 1 aromatic carbocycles. The minimum absolute atomic E-state index is 0.0671. The van der Waals surface area contributed by atoms with Crippen molar-refractivity contribution in [3.63, 3.8) is 0 Å². The Morgan fingerprint density at radius 3 is 3.00 bits per heavy atom. The molecule has 1 saturated carbocycles. The van der Waals surface area contributed by atoms with Crippen molar-refractivity contribution in [2.75, 3.05) is 19.8 Å². The Morgan fingerprint density at radius 1 is 1.26 bits per heavy atom. The van der Waals surface area contributed by atoms with E-state index in [1.807, 2.05) is 52.2 Å². The van der Waals surface area contributed by atoms with Gasteiger partial charge in [-0.05, 0) is 43.4 Å². The molecule has 3 heterocycles. The number of furan rings is 1. The number of hydrogen-bond donors (Lipinski definition) is 0. The van der Waals surface area contributed by atoms with Crippen molar-refractivity contribution in [1.82, 2.24) is 14.7 Å². The average Bonchev–Trinajstić information content (AvgIpc) is 3.21. The van der Waals surface area contributed by atoms with Crippen LogP contribution >= 0.6 is 0 Å². The molecular weight excluding hydrogens is 342 g/mol. The van der Waals surface area contributed by atoms with E-state index in [9.17, 15) is 4.79 Å². The predicted octanol–water partition coefficient (Wildman–Crippen LogP) is 3.64. The van der Waals surface area contributed by atoms with Gasteiger partial charge in [-0.15, -0.1) is 0 Å². The summed E-state index contributed by atoms with van der Waals surface area (Å²) in [6, 6.07) is 11.7. The summed E-state index contributed by atoms with van der Waals surface area (Å²) in [5.74, 6) is 1.10. The minimum Gasteiger partial charge on any atom is -0.451 e. The molecule has 140 valence electrons. The zero-order valence-electron chi connectivity index (χ0n) is 15.2. The highest BCUT2D eigenvalue weighted by Crippen LogP contribution is 2.30. The van der Waals surface area contributed by atoms with Gasteiger partial charge in [0.05, 0.1) is 18.3 Å². The van der Waals surface area contributed by atoms with Crippen molar-refractivity contribution < 1.29 is 13.9 Å². The van der Waals surface area contributed by atoms with Gasteiger partial charge >= 0.3 is 0 Å². The van der Waals surface area contributed by atoms with E-state index < -0.39 is 0 Å². The number of carbonyl (C=O) groups is 1. The maximum Gasteiger partial charge on any atom is 0.290 e. The third kappa shape index (κ3) is 3.37. The summed E-state index contributed by atoms with van der Waals surface area (Å²) in [4.78, 5) is 14.9. The molecule has 2 aromatic heterocycles. The number of benzene rings is 1. The molecule has 1 amide bonds. The fourth-order valence-corrected chi connectivity index (χ4v) is 3.75. The third-order valence-corrected chi connectivity index (χ3v) is 5.45. The van der Waals surface area contributed by atoms with Crippen LogP contribution in [0.1, 0.15) is 41.6 Å². The molecule has 6 nitrogen and oxygen atoms in total. The molecule has 0 radical (unpaired) electrons. The Hall–Kier alpha value is -2.60. The Morgan fingerprint density at radius 2 is 2.15 bits per heavy atom. The Balaban J connectivity index is 1.31. The molecule has 2 aliphatic rings. The molecule has 1 aliphatic carbocycles. The summed E-state index contributed by atoms with van der Waals surface area (Å²) in [6.07, 6.45) is 5.26. The summed E-state index contributed by atoms with van der Waals surface area (Å²) in [5.41, 5.74) is 1.80. The number of hydrogen-bond acceptors (Lipinski definition) is 4. The van der Waals surface area contributed by atoms with Gasteiger partial charge in [0.2, 0.25) is 0 Å². The lowest BCUT2D eigenvalue weighted by Gasteiger charge is -2.33. The van der Waals surface area contributed by atoms with Crippen molar-refractivity contribution in [2.24, 2.45) is 5.92 Å². The highest BCUT2D eigenvalue weighted by molar-refractivity contribution is 5.96. The highest BCUT2D eigenvalue weighted by atomic mass is 16.5. The van der Waals surface area contributed by atoms with E-state index in [1.54, 1.807) is 0 Å². The van der Waals surface area contributed by atoms with Crippen LogP contribution in [0.25, 0.3) is 11.0 Å². The number of carbonyl (C=O) groups excluding carboxylic acids is 1. The number of amides is 1. The van der Waals surface area contributed by atoms with E-state index in [1.165, 1.54) is 12.8 Å². The molecule has 0 saturated heterocycles. The van der Waals surface area contributed by atoms with Gasteiger partial charge in [0.25, 0.3) is 5.91 Å². The van der Waals surface area contributed by atoms with E-state index in [0.29, 0.717) is 25.5 Å². The van der Waals surface area contributed by atoms with Gasteiger partial charge in [-0.1, -0.05) is 18.2 Å². The maximum absolute atomic E-state index is 13.0. The fraction of sp³-hybridized carbons (Fsp3) is 0.429. The summed E-state index contributed by atoms with van der Waals surface area (Å²) >= 11 is 0. The van der Waals surface area contributed by atoms with Crippen LogP contribution in [0.4, 0.5) is 0 Å². The summed E-state index contributed by atoms with van der Waals surface area (Å²) in [6.45, 7) is 2.74. The van der Waals surface area contributed by atoms with E-state index in [4.69, 9.17) is 9.15 Å². The van der Waals surface area contributed by atoms with Crippen molar-refractivity contribution >= 4 is 16.9 Å². The monoisotopic (exact) mass is 365 g/mol. The molecule has 0 bridgehead atoms. The van der Waals surface area contributed by atoms with Crippen LogP contribution in [0.2, 0.25) is 0 Å². The standard InChI is InChI=1S/C21H23N3O3/c25-21(20-11-16-3-1-2-4-19(16)27-20)23-12-17-7-9-22-24(17)18(13-23)8-10-26-14-15-5-6-15/h1-4,7,9,11,15,18H,5-6,8,10,12-14H2. The van der Waals surface area contributed by atoms with Crippen LogP contribution < -0.4 is 0 Å². The van der Waals surface area contributed by atoms with Crippen LogP contribution in [-0.4, -0.2) is 40.3 Å². The fourth-order valence-electron chi connectivity index (χ4n) is 3.75. The van der Waals surface area contributed by atoms with Crippen LogP contribution in [0, 0.1) is 5.92 Å². The molecule has 3 aromatic rings. The van der Waals surface area contributed by atoms with Gasteiger partial charge in [-0.2, -0.15) is 5.10 Å². The lowest BCUT2D eigenvalue weighted by molar-refractivity contribution is 0.0584. The SMILES string of the molecule is O=C(c1cc2ccccc2o1)N1Cc2ccnn2C(CCOCC2CC2)C1. The largest absolute Gasteiger partial charge is 0.451 e. The number of fused-ring (bicyclic) bond motifs is 2. The number of ether oxygens (including phenoxy) is 1. The van der Waals surface area contributed by atoms with Gasteiger partial charge in [0, 0.05) is 31.3 Å². The molecule has 27 heavy (non-hydrogen) atoms. The second kappa shape index (κ2) is 6.85. The molecule has 0 N–H and O–H groups in total. The normalized spacial score (nSPS) is 19.4. The molecular formula is C21H23N3O3. The van der Waals surface area contributed by atoms with E-state index in [0.717, 1.165) is 35.6 Å². The number of rotatable bonds is 6. The summed E-state index contributed by atoms with van der Waals surface area (Å²) < 4.78 is 13.6. The number of para-hydroxylation sites is 1. The molecule has 1 unspecified atom stereocenters. The van der Waals surface area contributed by atoms with Crippen molar-refractivity contribution in [2.45, 2.75) is 31.8 Å². The first-order valence-electron chi connectivity index (χ1n) is 9.66. The second-order valence-corrected chi connectivity index (χ2v) is 7.56. The molecule has 5 rings (SSSR count). The summed E-state index contributed by atoms with van der Waals surface area (Å²) in [5, 5.41) is 5.42. The van der Waals surface area contributed by atoms with Crippen LogP contribution in [-0.2, 0) is 11.3 Å². The van der Waals surface area contributed by atoms with Crippen molar-refractivity contribution in [3.05, 3.63) is 54.0 Å². The first-order chi connectivity index (χ1) is 13.3. The lowest BCUT2D eigenvalue weighted by atomic mass is 10.1. The van der Waals surface area contributed by atoms with E-state index in [2.05, 4.69) is 5.10 Å². The van der Waals surface area contributed by atoms with Gasteiger partial charge in [-0.25, -0.2) is 0 Å². The first-order valence-corrected chi connectivity index (χ1v) is 9.66. The molecule has 1 aliphatic heterocycles. The summed E-state index contributed by atoms with van der Waals surface area (Å²) in [7, 11) is 0. The molecule has 1 atom stereocenters. The Kier molecular flexibility index (Phi) is 4.20. The topological polar surface area (TPSA) is 60.5 Å². The minimum atomic E-state index is -0.0671. The van der Waals surface area contributed by atoms with Gasteiger partial charge < -0.3 is 14.1 Å². The van der Waals surface area contributed by atoms with Crippen LogP contribution in [0.3, 0.4) is 0 Å². The van der Waals surface area contributed by atoms with Gasteiger partial charge in [0.15, 0.2) is 5.76 Å². The zero-order valence-corrected chi connectivity index (χ0v) is 15.2. The van der Waals surface area contributed by atoms with Crippen molar-refractivity contribution in [3.8, 4) is 0 Å². The highest BCUT2D eigenvalue weighted by Gasteiger charge is 2.30. The van der Waals surface area contributed by atoms with E-state index in [-0.39, 0.29) is 11.9 Å². The molecule has 6 heteroatoms. The third-order valence-electron chi connectivity index (χ3n) is 5.45. The van der Waals surface area contributed by atoms with E-state index >= 15 is 0 Å². The number of aromatic nitrogens is 2. The van der Waals surface area contributed by atoms with Gasteiger partial charge in [-0.3, -0.25) is 9.48 Å². The zero-order chi connectivity index (χ0) is 18.2. The Labute approximate surface area is 157 Å². The van der Waals surface area contributed by atoms with Crippen LogP contribution in [0.5, 0.6) is 0 Å². The second-order valence-electron chi connectivity index (χ2n) is 7.56. The van der Waals surface area contributed by atoms with Gasteiger partial charge in [0.1, 0.15) is 5.58 Å². The smallest absolute Gasteiger partial charge is 0.290 e. The number of nitrogens with zero attached hydrogens (tertiary/aromatic N) is 3. The average molecular weight is 365 g/mol. The first kappa shape index (κ1) is 16.6. The maximum atomic E-state index is 13.0. The Bertz CT molecular complexity index is 923. The predicted molar refractivity (Wildman–Crippen MR) is 100 cm³/mol. The molecule has 0 spiro atoms.